The second-order valence-electron chi connectivity index (χ2n) is 3.34. The molecule has 0 aliphatic carbocycles. The molecule has 1 aromatic rings. The molecule has 7 heteroatoms. The van der Waals surface area contributed by atoms with Crippen molar-refractivity contribution in [2.45, 2.75) is 6.54 Å². The molecular weight excluding hydrogens is 200 g/mol. The van der Waals surface area contributed by atoms with Crippen LogP contribution in [0.4, 0.5) is 5.69 Å². The number of nitrogens with zero attached hydrogens (tertiary/aromatic N) is 4. The number of aldehydes is 1. The number of rotatable bonds is 5. The van der Waals surface area contributed by atoms with Crippen molar-refractivity contribution in [3.63, 3.8) is 0 Å². The highest BCUT2D eigenvalue weighted by atomic mass is 16.6. The monoisotopic (exact) mass is 212 g/mol. The Bertz CT molecular complexity index is 372. The zero-order valence-electron chi connectivity index (χ0n) is 8.58. The molecule has 0 saturated carbocycles. The van der Waals surface area contributed by atoms with Crippen LogP contribution >= 0.6 is 0 Å². The van der Waals surface area contributed by atoms with Gasteiger partial charge in [0.25, 0.3) is 0 Å². The number of aromatic nitrogens is 2. The van der Waals surface area contributed by atoms with Crippen LogP contribution in [0.1, 0.15) is 10.5 Å². The number of nitro groups is 1. The van der Waals surface area contributed by atoms with Crippen LogP contribution < -0.4 is 0 Å². The van der Waals surface area contributed by atoms with Gasteiger partial charge in [0.2, 0.25) is 5.69 Å². The Labute approximate surface area is 86.4 Å². The average molecular weight is 212 g/mol. The van der Waals surface area contributed by atoms with E-state index in [1.165, 1.54) is 10.9 Å². The SMILES string of the molecule is CN(C)CCn1cc([N+](=O)[O-])c(C=O)n1. The smallest absolute Gasteiger partial charge is 0.308 e. The van der Waals surface area contributed by atoms with E-state index < -0.39 is 4.92 Å². The van der Waals surface area contributed by atoms with Gasteiger partial charge < -0.3 is 4.90 Å². The quantitative estimate of drug-likeness (QED) is 0.394. The largest absolute Gasteiger partial charge is 0.317 e. The van der Waals surface area contributed by atoms with Crippen molar-refractivity contribution in [2.75, 3.05) is 20.6 Å². The molecule has 1 rings (SSSR count). The third-order valence-electron chi connectivity index (χ3n) is 1.85. The van der Waals surface area contributed by atoms with E-state index in [-0.39, 0.29) is 11.4 Å². The maximum atomic E-state index is 10.5. The molecule has 0 N–H and O–H groups in total. The molecular formula is C8H12N4O3. The van der Waals surface area contributed by atoms with Crippen LogP contribution in [0.3, 0.4) is 0 Å². The molecule has 0 bridgehead atoms. The lowest BCUT2D eigenvalue weighted by Crippen LogP contribution is -2.18. The number of hydrogen-bond donors (Lipinski definition) is 0. The first-order valence-corrected chi connectivity index (χ1v) is 4.36. The minimum Gasteiger partial charge on any atom is -0.308 e. The third kappa shape index (κ3) is 2.84. The van der Waals surface area contributed by atoms with Crippen molar-refractivity contribution in [3.8, 4) is 0 Å². The van der Waals surface area contributed by atoms with Crippen LogP contribution in [0.5, 0.6) is 0 Å². The van der Waals surface area contributed by atoms with E-state index in [1.807, 2.05) is 19.0 Å². The van der Waals surface area contributed by atoms with Crippen molar-refractivity contribution in [1.29, 1.82) is 0 Å². The van der Waals surface area contributed by atoms with E-state index in [0.29, 0.717) is 19.4 Å². The molecule has 7 nitrogen and oxygen atoms in total. The molecule has 0 aliphatic heterocycles. The van der Waals surface area contributed by atoms with Gasteiger partial charge in [0.15, 0.2) is 6.29 Å². The van der Waals surface area contributed by atoms with E-state index in [4.69, 9.17) is 0 Å². The zero-order chi connectivity index (χ0) is 11.4. The van der Waals surface area contributed by atoms with Gasteiger partial charge in [-0.25, -0.2) is 0 Å². The number of carbonyl (C=O) groups is 1. The summed E-state index contributed by atoms with van der Waals surface area (Å²) in [6.45, 7) is 1.22. The summed E-state index contributed by atoms with van der Waals surface area (Å²) in [5.41, 5.74) is -0.373. The molecule has 0 radical (unpaired) electrons. The summed E-state index contributed by atoms with van der Waals surface area (Å²) < 4.78 is 1.40. The van der Waals surface area contributed by atoms with Gasteiger partial charge in [-0.1, -0.05) is 0 Å². The van der Waals surface area contributed by atoms with Gasteiger partial charge in [0.05, 0.1) is 11.5 Å². The minimum atomic E-state index is -0.608. The predicted octanol–water partition coefficient (Wildman–Crippen LogP) is 0.165. The molecule has 1 heterocycles. The Morgan fingerprint density at radius 2 is 2.33 bits per heavy atom. The Balaban J connectivity index is 2.83. The fourth-order valence-electron chi connectivity index (χ4n) is 1.07. The zero-order valence-corrected chi connectivity index (χ0v) is 8.58. The lowest BCUT2D eigenvalue weighted by molar-refractivity contribution is -0.385. The summed E-state index contributed by atoms with van der Waals surface area (Å²) in [6, 6.07) is 0. The van der Waals surface area contributed by atoms with Gasteiger partial charge in [-0.2, -0.15) is 5.10 Å². The topological polar surface area (TPSA) is 81.3 Å². The fraction of sp³-hybridized carbons (Fsp3) is 0.500. The fourth-order valence-corrected chi connectivity index (χ4v) is 1.07. The summed E-state index contributed by atoms with van der Waals surface area (Å²) in [6.07, 6.45) is 1.66. The van der Waals surface area contributed by atoms with E-state index in [2.05, 4.69) is 5.10 Å². The Morgan fingerprint density at radius 3 is 2.73 bits per heavy atom. The summed E-state index contributed by atoms with van der Waals surface area (Å²) in [5.74, 6) is 0. The first-order chi connectivity index (χ1) is 7.04. The van der Waals surface area contributed by atoms with Gasteiger partial charge in [-0.3, -0.25) is 19.6 Å². The Hall–Kier alpha value is -1.76. The summed E-state index contributed by atoms with van der Waals surface area (Å²) in [4.78, 5) is 22.3. The molecule has 0 spiro atoms. The average Bonchev–Trinajstić information content (AvgIpc) is 2.57. The third-order valence-corrected chi connectivity index (χ3v) is 1.85. The molecule has 15 heavy (non-hydrogen) atoms. The van der Waals surface area contributed by atoms with Gasteiger partial charge >= 0.3 is 5.69 Å². The molecule has 0 atom stereocenters. The minimum absolute atomic E-state index is 0.126. The lowest BCUT2D eigenvalue weighted by atomic mass is 10.4. The van der Waals surface area contributed by atoms with E-state index >= 15 is 0 Å². The maximum absolute atomic E-state index is 10.5. The lowest BCUT2D eigenvalue weighted by Gasteiger charge is -2.08. The molecule has 0 saturated heterocycles. The molecule has 82 valence electrons. The first kappa shape index (κ1) is 11.3. The van der Waals surface area contributed by atoms with E-state index in [1.54, 1.807) is 0 Å². The molecule has 0 aromatic carbocycles. The van der Waals surface area contributed by atoms with Crippen molar-refractivity contribution in [2.24, 2.45) is 0 Å². The Kier molecular flexibility index (Phi) is 3.51. The van der Waals surface area contributed by atoms with Crippen LogP contribution in [0.2, 0.25) is 0 Å². The summed E-state index contributed by atoms with van der Waals surface area (Å²) in [7, 11) is 3.77. The highest BCUT2D eigenvalue weighted by molar-refractivity contribution is 5.77. The maximum Gasteiger partial charge on any atom is 0.317 e. The Morgan fingerprint density at radius 1 is 1.67 bits per heavy atom. The standard InChI is InChI=1S/C8H12N4O3/c1-10(2)3-4-11-5-8(12(14)15)7(6-13)9-11/h5-6H,3-4H2,1-2H3. The highest BCUT2D eigenvalue weighted by Gasteiger charge is 2.18. The molecule has 0 fully saturated rings. The first-order valence-electron chi connectivity index (χ1n) is 4.36. The van der Waals surface area contributed by atoms with Gasteiger partial charge in [-0.15, -0.1) is 0 Å². The number of carbonyl (C=O) groups excluding carboxylic acids is 1. The van der Waals surface area contributed by atoms with E-state index in [0.717, 1.165) is 0 Å². The van der Waals surface area contributed by atoms with Crippen LogP contribution in [0.25, 0.3) is 0 Å². The highest BCUT2D eigenvalue weighted by Crippen LogP contribution is 2.14. The van der Waals surface area contributed by atoms with Crippen molar-refractivity contribution in [1.82, 2.24) is 14.7 Å². The van der Waals surface area contributed by atoms with Crippen LogP contribution in [0, 0.1) is 10.1 Å². The molecule has 0 aliphatic rings. The van der Waals surface area contributed by atoms with Crippen molar-refractivity contribution < 1.29 is 9.72 Å². The van der Waals surface area contributed by atoms with Gasteiger partial charge in [0.1, 0.15) is 6.20 Å². The molecule has 1 aromatic heterocycles. The van der Waals surface area contributed by atoms with Crippen molar-refractivity contribution >= 4 is 12.0 Å². The van der Waals surface area contributed by atoms with Crippen LogP contribution in [-0.2, 0) is 6.54 Å². The second kappa shape index (κ2) is 4.65. The molecule has 0 unspecified atom stereocenters. The number of hydrogen-bond acceptors (Lipinski definition) is 5. The molecule has 0 amide bonds. The van der Waals surface area contributed by atoms with Gasteiger partial charge in [0, 0.05) is 6.54 Å². The van der Waals surface area contributed by atoms with Gasteiger partial charge in [-0.05, 0) is 14.1 Å². The number of likely N-dealkylation sites (N-methyl/N-ethyl adjacent to an activating group) is 1. The van der Waals surface area contributed by atoms with Crippen LogP contribution in [0.15, 0.2) is 6.20 Å². The normalized spacial score (nSPS) is 10.6. The predicted molar refractivity (Wildman–Crippen MR) is 52.8 cm³/mol. The summed E-state index contributed by atoms with van der Waals surface area (Å²) in [5, 5.41) is 14.3. The van der Waals surface area contributed by atoms with Crippen molar-refractivity contribution in [3.05, 3.63) is 22.0 Å². The summed E-state index contributed by atoms with van der Waals surface area (Å²) >= 11 is 0. The van der Waals surface area contributed by atoms with Crippen LogP contribution in [-0.4, -0.2) is 46.5 Å². The second-order valence-corrected chi connectivity index (χ2v) is 3.34. The van der Waals surface area contributed by atoms with E-state index in [9.17, 15) is 14.9 Å².